The van der Waals surface area contributed by atoms with Crippen LogP contribution in [0.2, 0.25) is 0 Å². The lowest BCUT2D eigenvalue weighted by molar-refractivity contribution is -0.150. The Morgan fingerprint density at radius 2 is 2.39 bits per heavy atom. The highest BCUT2D eigenvalue weighted by atomic mass is 16.4. The average Bonchev–Trinajstić information content (AvgIpc) is 2.92. The van der Waals surface area contributed by atoms with Crippen molar-refractivity contribution in [1.29, 1.82) is 0 Å². The highest BCUT2D eigenvalue weighted by Gasteiger charge is 2.45. The number of rotatable bonds is 5. The maximum atomic E-state index is 11.5. The van der Waals surface area contributed by atoms with Crippen molar-refractivity contribution in [3.63, 3.8) is 0 Å². The smallest absolute Gasteiger partial charge is 0.324 e. The summed E-state index contributed by atoms with van der Waals surface area (Å²) in [4.78, 5) is 13.6. The van der Waals surface area contributed by atoms with Crippen LogP contribution in [-0.2, 0) is 18.3 Å². The van der Waals surface area contributed by atoms with Gasteiger partial charge in [0.15, 0.2) is 0 Å². The van der Waals surface area contributed by atoms with Gasteiger partial charge in [-0.15, -0.1) is 0 Å². The number of carboxylic acids is 1. The van der Waals surface area contributed by atoms with Crippen LogP contribution in [0, 0.1) is 0 Å². The molecular weight excluding hydrogens is 230 g/mol. The van der Waals surface area contributed by atoms with Gasteiger partial charge >= 0.3 is 5.97 Å². The van der Waals surface area contributed by atoms with Crippen LogP contribution in [0.15, 0.2) is 12.4 Å². The van der Waals surface area contributed by atoms with Crippen molar-refractivity contribution < 1.29 is 9.90 Å². The lowest BCUT2D eigenvalue weighted by atomic mass is 9.93. The van der Waals surface area contributed by atoms with Crippen molar-refractivity contribution in [1.82, 2.24) is 14.7 Å². The van der Waals surface area contributed by atoms with Crippen molar-refractivity contribution in [2.45, 2.75) is 38.1 Å². The monoisotopic (exact) mass is 251 g/mol. The lowest BCUT2D eigenvalue weighted by Crippen LogP contribution is -2.50. The Kier molecular flexibility index (Phi) is 3.71. The molecule has 1 saturated heterocycles. The zero-order chi connectivity index (χ0) is 13.2. The predicted molar refractivity (Wildman–Crippen MR) is 68.4 cm³/mol. The summed E-state index contributed by atoms with van der Waals surface area (Å²) in [5.41, 5.74) is 0.530. The number of nitrogens with zero attached hydrogens (tertiary/aromatic N) is 3. The molecule has 1 N–H and O–H groups in total. The Morgan fingerprint density at radius 3 is 2.94 bits per heavy atom. The van der Waals surface area contributed by atoms with Crippen molar-refractivity contribution in [3.05, 3.63) is 18.0 Å². The number of hydrogen-bond donors (Lipinski definition) is 1. The van der Waals surface area contributed by atoms with E-state index in [0.29, 0.717) is 6.42 Å². The van der Waals surface area contributed by atoms with E-state index < -0.39 is 11.5 Å². The van der Waals surface area contributed by atoms with Gasteiger partial charge in [0.2, 0.25) is 0 Å². The molecule has 2 rings (SSSR count). The normalized spacial score (nSPS) is 24.6. The predicted octanol–water partition coefficient (Wildman–Crippen LogP) is 1.29. The highest BCUT2D eigenvalue weighted by Crippen LogP contribution is 2.32. The van der Waals surface area contributed by atoms with Crippen LogP contribution >= 0.6 is 0 Å². The Morgan fingerprint density at radius 1 is 1.61 bits per heavy atom. The lowest BCUT2D eigenvalue weighted by Gasteiger charge is -2.33. The van der Waals surface area contributed by atoms with Gasteiger partial charge in [-0.25, -0.2) is 0 Å². The van der Waals surface area contributed by atoms with E-state index in [4.69, 9.17) is 0 Å². The molecule has 1 unspecified atom stereocenters. The highest BCUT2D eigenvalue weighted by molar-refractivity contribution is 5.79. The molecule has 0 amide bonds. The molecule has 2 heterocycles. The molecule has 5 nitrogen and oxygen atoms in total. The van der Waals surface area contributed by atoms with E-state index in [1.54, 1.807) is 4.68 Å². The second-order valence-corrected chi connectivity index (χ2v) is 5.05. The number of aryl methyl sites for hydroxylation is 1. The number of aliphatic carboxylic acids is 1. The molecule has 0 aliphatic carbocycles. The van der Waals surface area contributed by atoms with Crippen LogP contribution in [0.3, 0.4) is 0 Å². The van der Waals surface area contributed by atoms with Crippen LogP contribution in [0.1, 0.15) is 31.7 Å². The van der Waals surface area contributed by atoms with E-state index in [2.05, 4.69) is 10.00 Å². The van der Waals surface area contributed by atoms with Gasteiger partial charge in [-0.3, -0.25) is 14.4 Å². The summed E-state index contributed by atoms with van der Waals surface area (Å²) >= 11 is 0. The molecule has 100 valence electrons. The summed E-state index contributed by atoms with van der Waals surface area (Å²) in [6, 6.07) is 0. The second kappa shape index (κ2) is 5.10. The van der Waals surface area contributed by atoms with E-state index in [1.807, 2.05) is 26.4 Å². The summed E-state index contributed by atoms with van der Waals surface area (Å²) in [7, 11) is 1.90. The molecule has 0 bridgehead atoms. The van der Waals surface area contributed by atoms with E-state index in [9.17, 15) is 9.90 Å². The van der Waals surface area contributed by atoms with Gasteiger partial charge < -0.3 is 5.11 Å². The molecule has 1 aromatic rings. The largest absolute Gasteiger partial charge is 0.480 e. The van der Waals surface area contributed by atoms with Crippen molar-refractivity contribution in [3.8, 4) is 0 Å². The van der Waals surface area contributed by atoms with Crippen LogP contribution in [-0.4, -0.2) is 44.4 Å². The first kappa shape index (κ1) is 13.1. The van der Waals surface area contributed by atoms with Crippen LogP contribution in [0.25, 0.3) is 0 Å². The quantitative estimate of drug-likeness (QED) is 0.856. The van der Waals surface area contributed by atoms with Crippen LogP contribution in [0.4, 0.5) is 0 Å². The van der Waals surface area contributed by atoms with Gasteiger partial charge in [0.1, 0.15) is 5.54 Å². The second-order valence-electron chi connectivity index (χ2n) is 5.05. The summed E-state index contributed by atoms with van der Waals surface area (Å²) in [5.74, 6) is -0.673. The summed E-state index contributed by atoms with van der Waals surface area (Å²) in [6.07, 6.45) is 7.13. The first-order valence-electron chi connectivity index (χ1n) is 6.54. The van der Waals surface area contributed by atoms with Gasteiger partial charge in [0, 0.05) is 19.8 Å². The molecule has 1 aliphatic heterocycles. The minimum atomic E-state index is -0.673. The SMILES string of the molecule is CCC1(C(=O)O)CCCN1CCc1cnn(C)c1. The molecule has 1 atom stereocenters. The molecule has 0 radical (unpaired) electrons. The molecule has 0 saturated carbocycles. The zero-order valence-corrected chi connectivity index (χ0v) is 11.1. The van der Waals surface area contributed by atoms with E-state index >= 15 is 0 Å². The third-order valence-corrected chi connectivity index (χ3v) is 4.04. The fraction of sp³-hybridized carbons (Fsp3) is 0.692. The number of carbonyl (C=O) groups is 1. The van der Waals surface area contributed by atoms with Crippen molar-refractivity contribution >= 4 is 5.97 Å². The number of hydrogen-bond acceptors (Lipinski definition) is 3. The zero-order valence-electron chi connectivity index (χ0n) is 11.1. The summed E-state index contributed by atoms with van der Waals surface area (Å²) in [5, 5.41) is 13.6. The fourth-order valence-corrected chi connectivity index (χ4v) is 2.92. The molecular formula is C13H21N3O2. The standard InChI is InChI=1S/C13H21N3O2/c1-3-13(12(17)18)6-4-7-16(13)8-5-11-9-14-15(2)10-11/h9-10H,3-8H2,1-2H3,(H,17,18). The first-order valence-corrected chi connectivity index (χ1v) is 6.54. The number of carboxylic acid groups (broad SMARTS) is 1. The van der Waals surface area contributed by atoms with Gasteiger partial charge in [-0.1, -0.05) is 6.92 Å². The van der Waals surface area contributed by atoms with Crippen LogP contribution < -0.4 is 0 Å². The van der Waals surface area contributed by atoms with Crippen molar-refractivity contribution in [2.75, 3.05) is 13.1 Å². The van der Waals surface area contributed by atoms with Crippen molar-refractivity contribution in [2.24, 2.45) is 7.05 Å². The van der Waals surface area contributed by atoms with Gasteiger partial charge in [-0.2, -0.15) is 5.10 Å². The van der Waals surface area contributed by atoms with E-state index in [0.717, 1.165) is 32.4 Å². The Labute approximate surface area is 107 Å². The molecule has 1 aromatic heterocycles. The van der Waals surface area contributed by atoms with Gasteiger partial charge in [0.05, 0.1) is 6.20 Å². The third-order valence-electron chi connectivity index (χ3n) is 4.04. The summed E-state index contributed by atoms with van der Waals surface area (Å²) < 4.78 is 1.78. The molecule has 1 aliphatic rings. The Hall–Kier alpha value is -1.36. The molecule has 5 heteroatoms. The number of aromatic nitrogens is 2. The minimum absolute atomic E-state index is 0.637. The molecule has 0 aromatic carbocycles. The minimum Gasteiger partial charge on any atom is -0.480 e. The Balaban J connectivity index is 2.01. The molecule has 1 fully saturated rings. The van der Waals surface area contributed by atoms with E-state index in [-0.39, 0.29) is 0 Å². The topological polar surface area (TPSA) is 58.4 Å². The maximum Gasteiger partial charge on any atom is 0.324 e. The molecule has 0 spiro atoms. The number of likely N-dealkylation sites (tertiary alicyclic amines) is 1. The first-order chi connectivity index (χ1) is 8.58. The summed E-state index contributed by atoms with van der Waals surface area (Å²) in [6.45, 7) is 3.66. The molecule has 18 heavy (non-hydrogen) atoms. The maximum absolute atomic E-state index is 11.5. The fourth-order valence-electron chi connectivity index (χ4n) is 2.92. The average molecular weight is 251 g/mol. The van der Waals surface area contributed by atoms with Gasteiger partial charge in [0.25, 0.3) is 0 Å². The van der Waals surface area contributed by atoms with Gasteiger partial charge in [-0.05, 0) is 37.8 Å². The Bertz CT molecular complexity index is 430. The van der Waals surface area contributed by atoms with E-state index in [1.165, 1.54) is 5.56 Å². The third kappa shape index (κ3) is 2.27. The van der Waals surface area contributed by atoms with Crippen LogP contribution in [0.5, 0.6) is 0 Å².